The van der Waals surface area contributed by atoms with E-state index in [0.29, 0.717) is 5.69 Å². The third kappa shape index (κ3) is 4.09. The summed E-state index contributed by atoms with van der Waals surface area (Å²) in [5.41, 5.74) is 5.65. The molecule has 1 heterocycles. The SMILES string of the molecule is Cc1c(NC(=O)/C(C#N)=C/c2cc(C)n(-c3ccc4ccccc4c3)c2C)ccc2ccccc12. The lowest BCUT2D eigenvalue weighted by molar-refractivity contribution is -0.112. The normalized spacial score (nSPS) is 11.5. The minimum absolute atomic E-state index is 0.0660. The first-order chi connectivity index (χ1) is 17.0. The van der Waals surface area contributed by atoms with Crippen molar-refractivity contribution in [1.29, 1.82) is 5.26 Å². The molecule has 0 aliphatic heterocycles. The highest BCUT2D eigenvalue weighted by molar-refractivity contribution is 6.11. The van der Waals surface area contributed by atoms with Gasteiger partial charge in [0.15, 0.2) is 0 Å². The molecule has 4 aromatic carbocycles. The largest absolute Gasteiger partial charge is 0.321 e. The van der Waals surface area contributed by atoms with Gasteiger partial charge in [0.05, 0.1) is 0 Å². The Morgan fingerprint density at radius 1 is 0.857 bits per heavy atom. The van der Waals surface area contributed by atoms with E-state index in [9.17, 15) is 10.1 Å². The van der Waals surface area contributed by atoms with E-state index in [1.165, 1.54) is 5.39 Å². The second kappa shape index (κ2) is 8.96. The van der Waals surface area contributed by atoms with Crippen molar-refractivity contribution in [2.45, 2.75) is 20.8 Å². The molecule has 1 aromatic heterocycles. The molecule has 0 aliphatic carbocycles. The topological polar surface area (TPSA) is 57.8 Å². The van der Waals surface area contributed by atoms with Gasteiger partial charge in [-0.05, 0) is 83.8 Å². The summed E-state index contributed by atoms with van der Waals surface area (Å²) in [6, 6.07) is 30.6. The fourth-order valence-electron chi connectivity index (χ4n) is 4.70. The molecule has 0 fully saturated rings. The molecule has 0 saturated heterocycles. The van der Waals surface area contributed by atoms with Gasteiger partial charge >= 0.3 is 0 Å². The number of carbonyl (C=O) groups is 1. The number of nitrogens with zero attached hydrogens (tertiary/aromatic N) is 2. The zero-order chi connectivity index (χ0) is 24.5. The first kappa shape index (κ1) is 22.2. The molecule has 35 heavy (non-hydrogen) atoms. The molecule has 5 rings (SSSR count). The number of hydrogen-bond acceptors (Lipinski definition) is 2. The van der Waals surface area contributed by atoms with Gasteiger partial charge in [0.1, 0.15) is 11.6 Å². The first-order valence-electron chi connectivity index (χ1n) is 11.6. The quantitative estimate of drug-likeness (QED) is 0.229. The monoisotopic (exact) mass is 455 g/mol. The number of nitrogens with one attached hydrogen (secondary N) is 1. The minimum atomic E-state index is -0.415. The van der Waals surface area contributed by atoms with E-state index in [4.69, 9.17) is 0 Å². The third-order valence-corrected chi connectivity index (χ3v) is 6.57. The number of carbonyl (C=O) groups excluding carboxylic acids is 1. The van der Waals surface area contributed by atoms with Crippen LogP contribution in [-0.2, 0) is 4.79 Å². The zero-order valence-electron chi connectivity index (χ0n) is 20.0. The molecule has 170 valence electrons. The first-order valence-corrected chi connectivity index (χ1v) is 11.6. The lowest BCUT2D eigenvalue weighted by Gasteiger charge is -2.11. The molecule has 0 radical (unpaired) electrons. The Balaban J connectivity index is 1.48. The van der Waals surface area contributed by atoms with Gasteiger partial charge in [0.25, 0.3) is 5.91 Å². The average Bonchev–Trinajstić information content (AvgIpc) is 3.16. The Labute approximate surface area is 204 Å². The van der Waals surface area contributed by atoms with Crippen LogP contribution in [0.15, 0.2) is 90.5 Å². The maximum absolute atomic E-state index is 13.0. The summed E-state index contributed by atoms with van der Waals surface area (Å²) >= 11 is 0. The summed E-state index contributed by atoms with van der Waals surface area (Å²) in [4.78, 5) is 13.0. The van der Waals surface area contributed by atoms with Gasteiger partial charge in [-0.15, -0.1) is 0 Å². The summed E-state index contributed by atoms with van der Waals surface area (Å²) in [5, 5.41) is 17.3. The van der Waals surface area contributed by atoms with Crippen LogP contribution in [-0.4, -0.2) is 10.5 Å². The van der Waals surface area contributed by atoms with Crippen molar-refractivity contribution in [1.82, 2.24) is 4.57 Å². The molecule has 0 bridgehead atoms. The fraction of sp³-hybridized carbons (Fsp3) is 0.0968. The third-order valence-electron chi connectivity index (χ3n) is 6.57. The van der Waals surface area contributed by atoms with Crippen LogP contribution in [0.5, 0.6) is 0 Å². The molecule has 1 N–H and O–H groups in total. The van der Waals surface area contributed by atoms with E-state index in [1.54, 1.807) is 6.08 Å². The fourth-order valence-corrected chi connectivity index (χ4v) is 4.70. The maximum atomic E-state index is 13.0. The van der Waals surface area contributed by atoms with Crippen LogP contribution in [0, 0.1) is 32.1 Å². The van der Waals surface area contributed by atoms with Crippen molar-refractivity contribution < 1.29 is 4.79 Å². The van der Waals surface area contributed by atoms with Crippen LogP contribution < -0.4 is 5.32 Å². The number of aryl methyl sites for hydroxylation is 2. The van der Waals surface area contributed by atoms with E-state index in [0.717, 1.165) is 44.4 Å². The highest BCUT2D eigenvalue weighted by Gasteiger charge is 2.15. The molecule has 0 spiro atoms. The Bertz CT molecular complexity index is 1680. The second-order valence-corrected chi connectivity index (χ2v) is 8.78. The van der Waals surface area contributed by atoms with Crippen LogP contribution in [0.3, 0.4) is 0 Å². The summed E-state index contributed by atoms with van der Waals surface area (Å²) in [7, 11) is 0. The molecular formula is C31H25N3O. The number of amides is 1. The molecule has 1 amide bonds. The molecule has 0 atom stereocenters. The molecule has 4 nitrogen and oxygen atoms in total. The minimum Gasteiger partial charge on any atom is -0.321 e. The van der Waals surface area contributed by atoms with Gasteiger partial charge in [-0.1, -0.05) is 60.7 Å². The van der Waals surface area contributed by atoms with Gasteiger partial charge < -0.3 is 9.88 Å². The zero-order valence-corrected chi connectivity index (χ0v) is 20.0. The Hall–Kier alpha value is -4.62. The van der Waals surface area contributed by atoms with Crippen LogP contribution in [0.25, 0.3) is 33.3 Å². The van der Waals surface area contributed by atoms with E-state index in [-0.39, 0.29) is 5.57 Å². The van der Waals surface area contributed by atoms with Crippen LogP contribution in [0.4, 0.5) is 5.69 Å². The predicted octanol–water partition coefficient (Wildman–Crippen LogP) is 7.25. The van der Waals surface area contributed by atoms with Crippen molar-refractivity contribution in [2.75, 3.05) is 5.32 Å². The van der Waals surface area contributed by atoms with Crippen molar-refractivity contribution in [3.8, 4) is 11.8 Å². The highest BCUT2D eigenvalue weighted by Crippen LogP contribution is 2.27. The van der Waals surface area contributed by atoms with Crippen molar-refractivity contribution in [2.24, 2.45) is 0 Å². The standard InChI is InChI=1S/C31H25N3O/c1-20-16-26(22(3)34(20)28-14-12-23-8-4-5-10-25(23)18-28)17-27(19-32)31(35)33-30-15-13-24-9-6-7-11-29(24)21(30)2/h4-18H,1-3H3,(H,33,35)/b27-17+. The average molecular weight is 456 g/mol. The molecule has 4 heteroatoms. The molecule has 0 aliphatic rings. The summed E-state index contributed by atoms with van der Waals surface area (Å²) in [5.74, 6) is -0.415. The summed E-state index contributed by atoms with van der Waals surface area (Å²) in [6.07, 6.45) is 1.67. The van der Waals surface area contributed by atoms with E-state index < -0.39 is 5.91 Å². The van der Waals surface area contributed by atoms with Gasteiger partial charge in [-0.2, -0.15) is 5.26 Å². The van der Waals surface area contributed by atoms with E-state index in [2.05, 4.69) is 46.3 Å². The molecule has 0 unspecified atom stereocenters. The second-order valence-electron chi connectivity index (χ2n) is 8.78. The lowest BCUT2D eigenvalue weighted by atomic mass is 10.0. The van der Waals surface area contributed by atoms with Crippen molar-refractivity contribution >= 4 is 39.2 Å². The molecular weight excluding hydrogens is 430 g/mol. The van der Waals surface area contributed by atoms with Crippen molar-refractivity contribution in [3.63, 3.8) is 0 Å². The highest BCUT2D eigenvalue weighted by atomic mass is 16.1. The number of hydrogen-bond donors (Lipinski definition) is 1. The number of aromatic nitrogens is 1. The van der Waals surface area contributed by atoms with Crippen LogP contribution in [0.1, 0.15) is 22.5 Å². The van der Waals surface area contributed by atoms with Gasteiger partial charge in [-0.3, -0.25) is 4.79 Å². The number of benzene rings is 4. The Morgan fingerprint density at radius 3 is 2.31 bits per heavy atom. The Morgan fingerprint density at radius 2 is 1.54 bits per heavy atom. The van der Waals surface area contributed by atoms with E-state index >= 15 is 0 Å². The molecule has 0 saturated carbocycles. The van der Waals surface area contributed by atoms with Gasteiger partial charge in [-0.25, -0.2) is 0 Å². The Kier molecular flexibility index (Phi) is 5.68. The predicted molar refractivity (Wildman–Crippen MR) is 144 cm³/mol. The van der Waals surface area contributed by atoms with Crippen LogP contribution in [0.2, 0.25) is 0 Å². The van der Waals surface area contributed by atoms with Crippen LogP contribution >= 0.6 is 0 Å². The van der Waals surface area contributed by atoms with Crippen molar-refractivity contribution in [3.05, 3.63) is 113 Å². The number of fused-ring (bicyclic) bond motifs is 2. The number of rotatable bonds is 4. The summed E-state index contributed by atoms with van der Waals surface area (Å²) in [6.45, 7) is 6.02. The number of anilines is 1. The molecule has 5 aromatic rings. The van der Waals surface area contributed by atoms with Gasteiger partial charge in [0, 0.05) is 22.8 Å². The number of nitriles is 1. The maximum Gasteiger partial charge on any atom is 0.266 e. The van der Waals surface area contributed by atoms with E-state index in [1.807, 2.05) is 75.4 Å². The van der Waals surface area contributed by atoms with Gasteiger partial charge in [0.2, 0.25) is 0 Å². The smallest absolute Gasteiger partial charge is 0.266 e. The lowest BCUT2D eigenvalue weighted by Crippen LogP contribution is -2.14. The summed E-state index contributed by atoms with van der Waals surface area (Å²) < 4.78 is 2.15.